The molecule has 4 heterocycles. The van der Waals surface area contributed by atoms with E-state index in [0.717, 1.165) is 25.2 Å². The van der Waals surface area contributed by atoms with Crippen molar-refractivity contribution < 1.29 is 23.7 Å². The summed E-state index contributed by atoms with van der Waals surface area (Å²) in [5.74, 6) is 1.26. The van der Waals surface area contributed by atoms with E-state index >= 15 is 0 Å². The van der Waals surface area contributed by atoms with Crippen LogP contribution in [0.1, 0.15) is 50.3 Å². The van der Waals surface area contributed by atoms with Gasteiger partial charge in [0.1, 0.15) is 0 Å². The Bertz CT molecular complexity index is 1430. The summed E-state index contributed by atoms with van der Waals surface area (Å²) in [4.78, 5) is 30.1. The summed E-state index contributed by atoms with van der Waals surface area (Å²) in [5, 5.41) is 0. The Labute approximate surface area is 272 Å². The lowest BCUT2D eigenvalue weighted by molar-refractivity contribution is -0.173. The summed E-state index contributed by atoms with van der Waals surface area (Å²) >= 11 is 0. The van der Waals surface area contributed by atoms with Crippen LogP contribution >= 0.6 is 0 Å². The molecule has 1 amide bonds. The summed E-state index contributed by atoms with van der Waals surface area (Å²) < 4.78 is 23.2. The molecule has 0 radical (unpaired) electrons. The minimum absolute atomic E-state index is 0.0901. The van der Waals surface area contributed by atoms with Gasteiger partial charge in [0.05, 0.1) is 44.0 Å². The Kier molecular flexibility index (Phi) is 9.77. The third-order valence-electron chi connectivity index (χ3n) is 9.32. The molecule has 0 spiro atoms. The summed E-state index contributed by atoms with van der Waals surface area (Å²) in [6.07, 6.45) is -0.0901. The number of piperazine rings is 2. The molecule has 2 atom stereocenters. The normalized spacial score (nSPS) is 21.5. The monoisotopic (exact) mass is 629 g/mol. The average molecular weight is 630 g/mol. The van der Waals surface area contributed by atoms with E-state index in [0.29, 0.717) is 51.2 Å². The van der Waals surface area contributed by atoms with Gasteiger partial charge in [0.25, 0.3) is 0 Å². The van der Waals surface area contributed by atoms with Gasteiger partial charge in [-0.1, -0.05) is 60.7 Å². The Hall–Kier alpha value is -3.73. The average Bonchev–Trinajstić information content (AvgIpc) is 3.05. The largest absolute Gasteiger partial charge is 0.481 e. The van der Waals surface area contributed by atoms with Crippen LogP contribution in [-0.2, 0) is 16.1 Å². The fourth-order valence-electron chi connectivity index (χ4n) is 7.16. The Balaban J connectivity index is 1.37. The van der Waals surface area contributed by atoms with Crippen LogP contribution in [0.25, 0.3) is 0 Å². The van der Waals surface area contributed by atoms with Crippen LogP contribution in [0.2, 0.25) is 0 Å². The first-order valence-electron chi connectivity index (χ1n) is 16.5. The summed E-state index contributed by atoms with van der Waals surface area (Å²) in [6.45, 7) is 13.6. The number of aromatic nitrogens is 2. The molecular weight excluding hydrogens is 582 g/mol. The zero-order valence-corrected chi connectivity index (χ0v) is 27.7. The number of benzene rings is 2. The van der Waals surface area contributed by atoms with Crippen LogP contribution in [0.15, 0.2) is 60.7 Å². The minimum Gasteiger partial charge on any atom is -0.481 e. The van der Waals surface area contributed by atoms with Crippen LogP contribution in [0.3, 0.4) is 0 Å². The van der Waals surface area contributed by atoms with Gasteiger partial charge in [-0.05, 0) is 38.8 Å². The van der Waals surface area contributed by atoms with Gasteiger partial charge in [-0.25, -0.2) is 0 Å². The van der Waals surface area contributed by atoms with Crippen molar-refractivity contribution >= 4 is 5.91 Å². The molecule has 3 fully saturated rings. The van der Waals surface area contributed by atoms with E-state index in [2.05, 4.69) is 85.3 Å². The van der Waals surface area contributed by atoms with Gasteiger partial charge >= 0.3 is 6.01 Å². The molecule has 3 aromatic rings. The lowest BCUT2D eigenvalue weighted by Crippen LogP contribution is -2.68. The van der Waals surface area contributed by atoms with Gasteiger partial charge < -0.3 is 23.8 Å². The number of fused-ring (bicyclic) bond motifs is 1. The maximum atomic E-state index is 13.7. The molecule has 2 unspecified atom stereocenters. The second-order valence-corrected chi connectivity index (χ2v) is 13.2. The molecule has 0 saturated carbocycles. The molecule has 10 nitrogen and oxygen atoms in total. The third-order valence-corrected chi connectivity index (χ3v) is 9.32. The molecule has 2 aromatic carbocycles. The predicted octanol–water partition coefficient (Wildman–Crippen LogP) is 4.24. The molecule has 6 rings (SSSR count). The van der Waals surface area contributed by atoms with Crippen molar-refractivity contribution in [3.63, 3.8) is 0 Å². The molecule has 3 aliphatic rings. The highest BCUT2D eigenvalue weighted by molar-refractivity contribution is 5.83. The molecular formula is C36H47N5O5. The van der Waals surface area contributed by atoms with E-state index in [4.69, 9.17) is 18.9 Å². The van der Waals surface area contributed by atoms with Gasteiger partial charge in [-0.3, -0.25) is 14.6 Å². The van der Waals surface area contributed by atoms with Crippen LogP contribution < -0.4 is 14.2 Å². The number of methoxy groups -OCH3 is 1. The quantitative estimate of drug-likeness (QED) is 0.309. The number of hydrogen-bond donors (Lipinski definition) is 0. The SMILES string of the molecule is CCOc1nc(OC)c(CN2CC3CN(C(=O)C4(C)COC4)CCN3C(C(c3ccccc3)c3ccccc3)C2)c(OC(C)C)n1. The number of rotatable bonds is 11. The maximum absolute atomic E-state index is 13.7. The predicted molar refractivity (Wildman–Crippen MR) is 175 cm³/mol. The van der Waals surface area contributed by atoms with E-state index in [1.165, 1.54) is 11.1 Å². The van der Waals surface area contributed by atoms with Gasteiger partial charge in [0.15, 0.2) is 0 Å². The number of amides is 1. The van der Waals surface area contributed by atoms with E-state index in [-0.39, 0.29) is 36.0 Å². The van der Waals surface area contributed by atoms with Crippen molar-refractivity contribution in [1.82, 2.24) is 24.7 Å². The van der Waals surface area contributed by atoms with Crippen molar-refractivity contribution in [2.24, 2.45) is 5.41 Å². The van der Waals surface area contributed by atoms with E-state index in [1.807, 2.05) is 27.7 Å². The van der Waals surface area contributed by atoms with E-state index in [1.54, 1.807) is 7.11 Å². The fourth-order valence-corrected chi connectivity index (χ4v) is 7.16. The number of ether oxygens (including phenoxy) is 4. The Morgan fingerprint density at radius 1 is 0.957 bits per heavy atom. The van der Waals surface area contributed by atoms with Crippen molar-refractivity contribution in [3.05, 3.63) is 77.4 Å². The van der Waals surface area contributed by atoms with Gasteiger partial charge in [-0.2, -0.15) is 9.97 Å². The molecule has 0 N–H and O–H groups in total. The second-order valence-electron chi connectivity index (χ2n) is 13.2. The zero-order chi connectivity index (χ0) is 32.3. The molecule has 1 aromatic heterocycles. The van der Waals surface area contributed by atoms with Crippen LogP contribution in [0.5, 0.6) is 17.8 Å². The minimum atomic E-state index is -0.428. The van der Waals surface area contributed by atoms with Crippen molar-refractivity contribution in [2.45, 2.75) is 58.3 Å². The lowest BCUT2D eigenvalue weighted by Gasteiger charge is -2.54. The standard InChI is InChI=1S/C36H47N5O5/c1-6-45-35-37-32(43-5)29(33(38-35)46-25(2)3)21-39-19-28-20-40(34(42)36(4)23-44-24-36)17-18-41(28)30(22-39)31(26-13-9-7-10-14-26)27-15-11-8-12-16-27/h7-16,25,28,30-31H,6,17-24H2,1-5H3. The highest BCUT2D eigenvalue weighted by atomic mass is 16.5. The van der Waals surface area contributed by atoms with Crippen LogP contribution in [0.4, 0.5) is 0 Å². The van der Waals surface area contributed by atoms with Crippen LogP contribution in [-0.4, -0.2) is 108 Å². The van der Waals surface area contributed by atoms with Crippen molar-refractivity contribution in [3.8, 4) is 17.8 Å². The highest BCUT2D eigenvalue weighted by Crippen LogP contribution is 2.38. The lowest BCUT2D eigenvalue weighted by atomic mass is 9.81. The number of nitrogens with zero attached hydrogens (tertiary/aromatic N) is 5. The Morgan fingerprint density at radius 3 is 2.17 bits per heavy atom. The molecule has 3 saturated heterocycles. The fraction of sp³-hybridized carbons (Fsp3) is 0.528. The first kappa shape index (κ1) is 32.2. The van der Waals surface area contributed by atoms with Crippen LogP contribution in [0, 0.1) is 5.41 Å². The Morgan fingerprint density at radius 2 is 1.61 bits per heavy atom. The first-order valence-corrected chi connectivity index (χ1v) is 16.5. The van der Waals surface area contributed by atoms with Gasteiger partial charge in [0, 0.05) is 57.3 Å². The van der Waals surface area contributed by atoms with Gasteiger partial charge in [-0.15, -0.1) is 0 Å². The van der Waals surface area contributed by atoms with Gasteiger partial charge in [0.2, 0.25) is 17.7 Å². The molecule has 10 heteroatoms. The summed E-state index contributed by atoms with van der Waals surface area (Å²) in [5.41, 5.74) is 2.93. The first-order chi connectivity index (χ1) is 22.3. The summed E-state index contributed by atoms with van der Waals surface area (Å²) in [7, 11) is 1.62. The maximum Gasteiger partial charge on any atom is 0.323 e. The van der Waals surface area contributed by atoms with Crippen molar-refractivity contribution in [1.29, 1.82) is 0 Å². The topological polar surface area (TPSA) is 89.5 Å². The third kappa shape index (κ3) is 6.70. The zero-order valence-electron chi connectivity index (χ0n) is 27.7. The van der Waals surface area contributed by atoms with E-state index < -0.39 is 5.41 Å². The number of hydrogen-bond acceptors (Lipinski definition) is 9. The molecule has 46 heavy (non-hydrogen) atoms. The van der Waals surface area contributed by atoms with Crippen molar-refractivity contribution in [2.75, 3.05) is 59.7 Å². The molecule has 0 bridgehead atoms. The molecule has 0 aliphatic carbocycles. The second kappa shape index (κ2) is 13.9. The smallest absolute Gasteiger partial charge is 0.323 e. The highest BCUT2D eigenvalue weighted by Gasteiger charge is 2.48. The summed E-state index contributed by atoms with van der Waals surface area (Å²) in [6, 6.07) is 22.1. The van der Waals surface area contributed by atoms with E-state index in [9.17, 15) is 4.79 Å². The molecule has 246 valence electrons. The number of carbonyl (C=O) groups excluding carboxylic acids is 1. The molecule has 3 aliphatic heterocycles. The number of carbonyl (C=O) groups is 1.